The Hall–Kier alpha value is -1.90. The number of likely N-dealkylation sites (tertiary alicyclic amines) is 1. The van der Waals surface area contributed by atoms with Gasteiger partial charge in [-0.2, -0.15) is 18.3 Å². The maximum absolute atomic E-state index is 12.8. The molecular weight excluding hydrogens is 315 g/mol. The number of hydrogen-bond acceptors (Lipinski definition) is 4. The third kappa shape index (κ3) is 4.31. The number of hydrogen-bond donors (Lipinski definition) is 0. The Morgan fingerprint density at radius 2 is 2.17 bits per heavy atom. The fraction of sp³-hybridized carbons (Fsp3) is 0.643. The number of carbonyl (C=O) groups is 1. The van der Waals surface area contributed by atoms with Crippen molar-refractivity contribution >= 4 is 5.91 Å². The van der Waals surface area contributed by atoms with E-state index in [1.807, 2.05) is 0 Å². The monoisotopic (exact) mass is 333 g/mol. The van der Waals surface area contributed by atoms with Crippen molar-refractivity contribution in [2.75, 3.05) is 26.8 Å². The van der Waals surface area contributed by atoms with Gasteiger partial charge in [0.1, 0.15) is 5.69 Å². The first-order chi connectivity index (χ1) is 10.8. The average Bonchev–Trinajstić information content (AvgIpc) is 2.53. The smallest absolute Gasteiger partial charge is 0.383 e. The van der Waals surface area contributed by atoms with E-state index in [1.54, 1.807) is 0 Å². The molecule has 1 amide bonds. The number of halogens is 3. The number of piperidine rings is 1. The summed E-state index contributed by atoms with van der Waals surface area (Å²) in [5, 5.41) is 3.92. The highest BCUT2D eigenvalue weighted by Gasteiger charge is 2.42. The molecule has 1 aromatic rings. The SMILES string of the molecule is COCCn1nc(C(=O)N2CCC[C@@H](C(F)(F)F)C2)ccc1=O. The van der Waals surface area contributed by atoms with Crippen LogP contribution in [0.3, 0.4) is 0 Å². The number of nitrogens with zero attached hydrogens (tertiary/aromatic N) is 3. The Bertz CT molecular complexity index is 615. The fourth-order valence-corrected chi connectivity index (χ4v) is 2.49. The van der Waals surface area contributed by atoms with E-state index in [4.69, 9.17) is 4.74 Å². The molecule has 0 N–H and O–H groups in total. The topological polar surface area (TPSA) is 64.4 Å². The summed E-state index contributed by atoms with van der Waals surface area (Å²) in [4.78, 5) is 25.1. The maximum Gasteiger partial charge on any atom is 0.393 e. The molecule has 0 aliphatic carbocycles. The van der Waals surface area contributed by atoms with Gasteiger partial charge in [0.05, 0.1) is 19.1 Å². The molecule has 6 nitrogen and oxygen atoms in total. The van der Waals surface area contributed by atoms with Gasteiger partial charge in [0.2, 0.25) is 0 Å². The lowest BCUT2D eigenvalue weighted by Gasteiger charge is -2.33. The third-order valence-electron chi connectivity index (χ3n) is 3.76. The highest BCUT2D eigenvalue weighted by Crippen LogP contribution is 2.33. The van der Waals surface area contributed by atoms with Crippen molar-refractivity contribution < 1.29 is 22.7 Å². The molecular formula is C14H18F3N3O3. The Kier molecular flexibility index (Phi) is 5.40. The third-order valence-corrected chi connectivity index (χ3v) is 3.76. The maximum atomic E-state index is 12.8. The van der Waals surface area contributed by atoms with Crippen LogP contribution >= 0.6 is 0 Å². The van der Waals surface area contributed by atoms with Crippen LogP contribution in [-0.4, -0.2) is 53.6 Å². The van der Waals surface area contributed by atoms with E-state index in [2.05, 4.69) is 5.10 Å². The fourth-order valence-electron chi connectivity index (χ4n) is 2.49. The van der Waals surface area contributed by atoms with Crippen LogP contribution in [0.1, 0.15) is 23.3 Å². The zero-order valence-corrected chi connectivity index (χ0v) is 12.7. The van der Waals surface area contributed by atoms with Gasteiger partial charge in [0, 0.05) is 26.3 Å². The molecule has 0 bridgehead atoms. The van der Waals surface area contributed by atoms with Crippen LogP contribution in [0.5, 0.6) is 0 Å². The van der Waals surface area contributed by atoms with Gasteiger partial charge in [0.15, 0.2) is 0 Å². The summed E-state index contributed by atoms with van der Waals surface area (Å²) in [6.45, 7) is 0.289. The molecule has 0 saturated carbocycles. The standard InChI is InChI=1S/C14H18F3N3O3/c1-23-8-7-20-12(21)5-4-11(18-20)13(22)19-6-2-3-10(9-19)14(15,16)17/h4-5,10H,2-3,6-9H2,1H3/t10-/m1/s1. The number of rotatable bonds is 4. The van der Waals surface area contributed by atoms with E-state index in [-0.39, 0.29) is 38.4 Å². The molecule has 128 valence electrons. The van der Waals surface area contributed by atoms with Crippen LogP contribution in [0.15, 0.2) is 16.9 Å². The highest BCUT2D eigenvalue weighted by molar-refractivity contribution is 5.92. The normalized spacial score (nSPS) is 19.0. The van der Waals surface area contributed by atoms with Crippen LogP contribution in [0.4, 0.5) is 13.2 Å². The van der Waals surface area contributed by atoms with Crippen molar-refractivity contribution in [3.8, 4) is 0 Å². The predicted molar refractivity (Wildman–Crippen MR) is 75.1 cm³/mol. The van der Waals surface area contributed by atoms with Crippen LogP contribution in [-0.2, 0) is 11.3 Å². The minimum atomic E-state index is -4.32. The van der Waals surface area contributed by atoms with Crippen molar-refractivity contribution in [3.05, 3.63) is 28.2 Å². The van der Waals surface area contributed by atoms with Crippen LogP contribution in [0.25, 0.3) is 0 Å². The zero-order chi connectivity index (χ0) is 17.0. The molecule has 0 radical (unpaired) electrons. The second-order valence-corrected chi connectivity index (χ2v) is 5.40. The lowest BCUT2D eigenvalue weighted by atomic mass is 9.97. The van der Waals surface area contributed by atoms with E-state index in [1.165, 1.54) is 19.2 Å². The van der Waals surface area contributed by atoms with Crippen molar-refractivity contribution in [1.82, 2.24) is 14.7 Å². The Morgan fingerprint density at radius 1 is 1.43 bits per heavy atom. The van der Waals surface area contributed by atoms with E-state index in [0.717, 1.165) is 9.58 Å². The van der Waals surface area contributed by atoms with Gasteiger partial charge in [-0.25, -0.2) is 4.68 Å². The van der Waals surface area contributed by atoms with Crippen molar-refractivity contribution in [2.45, 2.75) is 25.6 Å². The molecule has 2 rings (SSSR count). The summed E-state index contributed by atoms with van der Waals surface area (Å²) >= 11 is 0. The molecule has 0 unspecified atom stereocenters. The first kappa shape index (κ1) is 17.5. The minimum Gasteiger partial charge on any atom is -0.383 e. The summed E-state index contributed by atoms with van der Waals surface area (Å²) in [5.74, 6) is -2.11. The molecule has 23 heavy (non-hydrogen) atoms. The first-order valence-electron chi connectivity index (χ1n) is 7.26. The predicted octanol–water partition coefficient (Wildman–Crippen LogP) is 1.30. The Morgan fingerprint density at radius 3 is 2.83 bits per heavy atom. The largest absolute Gasteiger partial charge is 0.393 e. The molecule has 0 spiro atoms. The van der Waals surface area contributed by atoms with Crippen molar-refractivity contribution in [1.29, 1.82) is 0 Å². The lowest BCUT2D eigenvalue weighted by Crippen LogP contribution is -2.45. The molecule has 1 fully saturated rings. The Labute approximate surface area is 130 Å². The van der Waals surface area contributed by atoms with Crippen LogP contribution in [0.2, 0.25) is 0 Å². The molecule has 1 aromatic heterocycles. The van der Waals surface area contributed by atoms with Gasteiger partial charge in [0.25, 0.3) is 11.5 Å². The average molecular weight is 333 g/mol. The molecule has 0 aromatic carbocycles. The van der Waals surface area contributed by atoms with Gasteiger partial charge in [-0.05, 0) is 18.9 Å². The first-order valence-corrected chi connectivity index (χ1v) is 7.26. The van der Waals surface area contributed by atoms with Gasteiger partial charge in [-0.3, -0.25) is 9.59 Å². The van der Waals surface area contributed by atoms with Crippen LogP contribution < -0.4 is 5.56 Å². The number of alkyl halides is 3. The highest BCUT2D eigenvalue weighted by atomic mass is 19.4. The number of carbonyl (C=O) groups excluding carboxylic acids is 1. The summed E-state index contributed by atoms with van der Waals surface area (Å²) in [6, 6.07) is 2.42. The number of amides is 1. The molecule has 1 atom stereocenters. The van der Waals surface area contributed by atoms with E-state index < -0.39 is 23.6 Å². The van der Waals surface area contributed by atoms with Crippen molar-refractivity contribution in [2.24, 2.45) is 5.92 Å². The molecule has 1 saturated heterocycles. The number of methoxy groups -OCH3 is 1. The van der Waals surface area contributed by atoms with Crippen molar-refractivity contribution in [3.63, 3.8) is 0 Å². The molecule has 9 heteroatoms. The molecule has 2 heterocycles. The number of ether oxygens (including phenoxy) is 1. The number of aromatic nitrogens is 2. The second kappa shape index (κ2) is 7.12. The summed E-state index contributed by atoms with van der Waals surface area (Å²) in [6.07, 6.45) is -4.00. The van der Waals surface area contributed by atoms with Gasteiger partial charge in [-0.15, -0.1) is 0 Å². The summed E-state index contributed by atoms with van der Waals surface area (Å²) in [7, 11) is 1.46. The van der Waals surface area contributed by atoms with E-state index in [9.17, 15) is 22.8 Å². The molecule has 1 aliphatic rings. The molecule has 1 aliphatic heterocycles. The second-order valence-electron chi connectivity index (χ2n) is 5.40. The van der Waals surface area contributed by atoms with Gasteiger partial charge >= 0.3 is 6.18 Å². The zero-order valence-electron chi connectivity index (χ0n) is 12.7. The minimum absolute atomic E-state index is 0.0219. The lowest BCUT2D eigenvalue weighted by molar-refractivity contribution is -0.184. The summed E-state index contributed by atoms with van der Waals surface area (Å²) in [5.41, 5.74) is -0.436. The van der Waals surface area contributed by atoms with E-state index in [0.29, 0.717) is 6.42 Å². The van der Waals surface area contributed by atoms with Gasteiger partial charge in [-0.1, -0.05) is 0 Å². The quantitative estimate of drug-likeness (QED) is 0.833. The van der Waals surface area contributed by atoms with Crippen LogP contribution in [0, 0.1) is 5.92 Å². The van der Waals surface area contributed by atoms with E-state index >= 15 is 0 Å². The Balaban J connectivity index is 2.15. The summed E-state index contributed by atoms with van der Waals surface area (Å²) < 4.78 is 44.4. The van der Waals surface area contributed by atoms with Gasteiger partial charge < -0.3 is 9.64 Å².